The van der Waals surface area contributed by atoms with Crippen molar-refractivity contribution in [2.24, 2.45) is 5.92 Å². The van der Waals surface area contributed by atoms with Crippen molar-refractivity contribution >= 4 is 5.91 Å². The summed E-state index contributed by atoms with van der Waals surface area (Å²) in [5.74, 6) is 0.342. The largest absolute Gasteiger partial charge is 0.381 e. The molecule has 1 amide bonds. The quantitative estimate of drug-likeness (QED) is 0.675. The van der Waals surface area contributed by atoms with Gasteiger partial charge in [-0.2, -0.15) is 0 Å². The molecule has 1 saturated heterocycles. The van der Waals surface area contributed by atoms with Gasteiger partial charge in [0.25, 0.3) is 0 Å². The second-order valence-electron chi connectivity index (χ2n) is 6.32. The van der Waals surface area contributed by atoms with E-state index in [1.807, 2.05) is 6.07 Å². The number of rotatable bonds is 10. The fraction of sp³-hybridized carbons (Fsp3) is 0.632. The van der Waals surface area contributed by atoms with Crippen LogP contribution in [-0.2, 0) is 16.1 Å². The first kappa shape index (κ1) is 18.0. The molecule has 0 aromatic heterocycles. The number of unbranched alkanes of at least 4 members (excludes halogenated alkanes) is 1. The second kappa shape index (κ2) is 10.4. The number of hydrogen-bond acceptors (Lipinski definition) is 3. The summed E-state index contributed by atoms with van der Waals surface area (Å²) < 4.78 is 5.51. The number of ether oxygens (including phenoxy) is 1. The SMILES string of the molecule is CCCCOCCCNC(=O)C1CCN(Cc2ccccc2)C1. The minimum atomic E-state index is 0.139. The van der Waals surface area contributed by atoms with E-state index >= 15 is 0 Å². The van der Waals surface area contributed by atoms with E-state index < -0.39 is 0 Å². The molecule has 23 heavy (non-hydrogen) atoms. The third-order valence-corrected chi connectivity index (χ3v) is 4.30. The summed E-state index contributed by atoms with van der Waals surface area (Å²) >= 11 is 0. The normalized spacial score (nSPS) is 18.2. The van der Waals surface area contributed by atoms with Crippen molar-refractivity contribution in [3.63, 3.8) is 0 Å². The van der Waals surface area contributed by atoms with Gasteiger partial charge in [-0.3, -0.25) is 9.69 Å². The molecule has 1 aliphatic heterocycles. The molecule has 1 aromatic rings. The minimum absolute atomic E-state index is 0.139. The minimum Gasteiger partial charge on any atom is -0.381 e. The van der Waals surface area contributed by atoms with Gasteiger partial charge in [0.05, 0.1) is 5.92 Å². The maximum absolute atomic E-state index is 12.2. The van der Waals surface area contributed by atoms with Gasteiger partial charge in [-0.15, -0.1) is 0 Å². The summed E-state index contributed by atoms with van der Waals surface area (Å²) in [4.78, 5) is 14.6. The summed E-state index contributed by atoms with van der Waals surface area (Å²) in [7, 11) is 0. The van der Waals surface area contributed by atoms with Crippen molar-refractivity contribution in [1.82, 2.24) is 10.2 Å². The van der Waals surface area contributed by atoms with E-state index in [9.17, 15) is 4.79 Å². The molecule has 1 aromatic carbocycles. The Morgan fingerprint density at radius 3 is 2.83 bits per heavy atom. The highest BCUT2D eigenvalue weighted by molar-refractivity contribution is 5.79. The van der Waals surface area contributed by atoms with Crippen LogP contribution in [-0.4, -0.2) is 43.7 Å². The molecule has 128 valence electrons. The molecule has 0 spiro atoms. The Bertz CT molecular complexity index is 450. The molecule has 1 fully saturated rings. The maximum atomic E-state index is 12.2. The van der Waals surface area contributed by atoms with Crippen LogP contribution in [0.3, 0.4) is 0 Å². The molecule has 4 heteroatoms. The number of likely N-dealkylation sites (tertiary alicyclic amines) is 1. The number of carbonyl (C=O) groups is 1. The van der Waals surface area contributed by atoms with Crippen LogP contribution in [0.4, 0.5) is 0 Å². The summed E-state index contributed by atoms with van der Waals surface area (Å²) in [5.41, 5.74) is 1.32. The van der Waals surface area contributed by atoms with E-state index in [1.165, 1.54) is 5.56 Å². The van der Waals surface area contributed by atoms with E-state index in [4.69, 9.17) is 4.74 Å². The van der Waals surface area contributed by atoms with Crippen molar-refractivity contribution in [2.75, 3.05) is 32.8 Å². The lowest BCUT2D eigenvalue weighted by Crippen LogP contribution is -2.33. The van der Waals surface area contributed by atoms with E-state index in [0.29, 0.717) is 0 Å². The second-order valence-corrected chi connectivity index (χ2v) is 6.32. The molecule has 0 saturated carbocycles. The van der Waals surface area contributed by atoms with Crippen molar-refractivity contribution in [1.29, 1.82) is 0 Å². The van der Waals surface area contributed by atoms with Gasteiger partial charge >= 0.3 is 0 Å². The van der Waals surface area contributed by atoms with Gasteiger partial charge in [-0.05, 0) is 31.4 Å². The molecule has 1 heterocycles. The first-order chi connectivity index (χ1) is 11.3. The van der Waals surface area contributed by atoms with Crippen LogP contribution >= 0.6 is 0 Å². The monoisotopic (exact) mass is 318 g/mol. The molecule has 1 unspecified atom stereocenters. The third kappa shape index (κ3) is 6.71. The average Bonchev–Trinajstić information content (AvgIpc) is 3.03. The maximum Gasteiger partial charge on any atom is 0.224 e. The average molecular weight is 318 g/mol. The van der Waals surface area contributed by atoms with Gasteiger partial charge in [-0.25, -0.2) is 0 Å². The Morgan fingerprint density at radius 1 is 1.26 bits per heavy atom. The summed E-state index contributed by atoms with van der Waals surface area (Å²) in [6, 6.07) is 10.5. The molecule has 2 rings (SSSR count). The molecule has 1 aliphatic rings. The number of carbonyl (C=O) groups excluding carboxylic acids is 1. The van der Waals surface area contributed by atoms with Crippen molar-refractivity contribution < 1.29 is 9.53 Å². The molecular formula is C19H30N2O2. The lowest BCUT2D eigenvalue weighted by molar-refractivity contribution is -0.124. The topological polar surface area (TPSA) is 41.6 Å². The molecule has 1 atom stereocenters. The van der Waals surface area contributed by atoms with Crippen LogP contribution < -0.4 is 5.32 Å². The Kier molecular flexibility index (Phi) is 8.12. The zero-order chi connectivity index (χ0) is 16.3. The van der Waals surface area contributed by atoms with Gasteiger partial charge in [-0.1, -0.05) is 43.7 Å². The zero-order valence-electron chi connectivity index (χ0n) is 14.3. The van der Waals surface area contributed by atoms with Crippen LogP contribution in [0.25, 0.3) is 0 Å². The van der Waals surface area contributed by atoms with E-state index in [-0.39, 0.29) is 11.8 Å². The summed E-state index contributed by atoms with van der Waals surface area (Å²) in [5, 5.41) is 3.05. The van der Waals surface area contributed by atoms with Gasteiger partial charge in [0.15, 0.2) is 0 Å². The number of nitrogens with zero attached hydrogens (tertiary/aromatic N) is 1. The number of amides is 1. The van der Waals surface area contributed by atoms with Crippen molar-refractivity contribution in [2.45, 2.75) is 39.2 Å². The molecular weight excluding hydrogens is 288 g/mol. The fourth-order valence-electron chi connectivity index (χ4n) is 2.91. The summed E-state index contributed by atoms with van der Waals surface area (Å²) in [6.07, 6.45) is 4.14. The van der Waals surface area contributed by atoms with Gasteiger partial charge in [0.2, 0.25) is 5.91 Å². The lowest BCUT2D eigenvalue weighted by Gasteiger charge is -2.16. The number of hydrogen-bond donors (Lipinski definition) is 1. The first-order valence-corrected chi connectivity index (χ1v) is 8.91. The van der Waals surface area contributed by atoms with Crippen molar-refractivity contribution in [3.8, 4) is 0 Å². The predicted octanol–water partition coefficient (Wildman–Crippen LogP) is 2.83. The standard InChI is InChI=1S/C19H30N2O2/c1-2-3-13-23-14-7-11-20-19(22)18-10-12-21(16-18)15-17-8-5-4-6-9-17/h4-6,8-9,18H,2-3,7,10-16H2,1H3,(H,20,22). The van der Waals surface area contributed by atoms with Crippen LogP contribution in [0, 0.1) is 5.92 Å². The lowest BCUT2D eigenvalue weighted by atomic mass is 10.1. The van der Waals surface area contributed by atoms with Crippen molar-refractivity contribution in [3.05, 3.63) is 35.9 Å². The smallest absolute Gasteiger partial charge is 0.224 e. The highest BCUT2D eigenvalue weighted by Gasteiger charge is 2.27. The fourth-order valence-corrected chi connectivity index (χ4v) is 2.91. The Balaban J connectivity index is 1.57. The molecule has 1 N–H and O–H groups in total. The van der Waals surface area contributed by atoms with Crippen LogP contribution in [0.15, 0.2) is 30.3 Å². The molecule has 0 bridgehead atoms. The van der Waals surface area contributed by atoms with E-state index in [0.717, 1.165) is 65.1 Å². The van der Waals surface area contributed by atoms with Gasteiger partial charge < -0.3 is 10.1 Å². The Labute approximate surface area is 140 Å². The highest BCUT2D eigenvalue weighted by Crippen LogP contribution is 2.18. The number of benzene rings is 1. The first-order valence-electron chi connectivity index (χ1n) is 8.91. The third-order valence-electron chi connectivity index (χ3n) is 4.30. The molecule has 0 aliphatic carbocycles. The summed E-state index contributed by atoms with van der Waals surface area (Å²) in [6.45, 7) is 7.27. The Morgan fingerprint density at radius 2 is 2.04 bits per heavy atom. The van der Waals surface area contributed by atoms with E-state index in [2.05, 4.69) is 41.4 Å². The van der Waals surface area contributed by atoms with Crippen LogP contribution in [0.1, 0.15) is 38.2 Å². The Hall–Kier alpha value is -1.39. The van der Waals surface area contributed by atoms with Gasteiger partial charge in [0.1, 0.15) is 0 Å². The number of nitrogens with one attached hydrogen (secondary N) is 1. The molecule has 4 nitrogen and oxygen atoms in total. The predicted molar refractivity (Wildman–Crippen MR) is 93.2 cm³/mol. The molecule has 0 radical (unpaired) electrons. The zero-order valence-corrected chi connectivity index (χ0v) is 14.3. The van der Waals surface area contributed by atoms with Crippen LogP contribution in [0.5, 0.6) is 0 Å². The van der Waals surface area contributed by atoms with Gasteiger partial charge in [0, 0.05) is 32.8 Å². The highest BCUT2D eigenvalue weighted by atomic mass is 16.5. The van der Waals surface area contributed by atoms with Crippen LogP contribution in [0.2, 0.25) is 0 Å². The van der Waals surface area contributed by atoms with E-state index in [1.54, 1.807) is 0 Å².